The standard InChI is InChI=1S/C8H9ClO/c9-6-8(10)7-4-2-1-3-5-7/h1-5,8,10H,6H2/t8-/m1/s1. The van der Waals surface area contributed by atoms with Crippen LogP contribution in [-0.4, -0.2) is 11.0 Å². The van der Waals surface area contributed by atoms with Crippen molar-refractivity contribution in [2.45, 2.75) is 6.10 Å². The van der Waals surface area contributed by atoms with E-state index in [1.165, 1.54) is 0 Å². The third kappa shape index (κ3) is 1.72. The van der Waals surface area contributed by atoms with Crippen molar-refractivity contribution >= 4 is 11.6 Å². The molecular formula is C8H9ClO. The molecule has 0 amide bonds. The Hall–Kier alpha value is -0.530. The molecule has 0 saturated heterocycles. The highest BCUT2D eigenvalue weighted by Gasteiger charge is 2.02. The first-order valence-corrected chi connectivity index (χ1v) is 3.67. The van der Waals surface area contributed by atoms with Crippen LogP contribution >= 0.6 is 11.6 Å². The van der Waals surface area contributed by atoms with Gasteiger partial charge in [-0.2, -0.15) is 0 Å². The van der Waals surface area contributed by atoms with Gasteiger partial charge >= 0.3 is 0 Å². The lowest BCUT2D eigenvalue weighted by Crippen LogP contribution is -1.96. The quantitative estimate of drug-likeness (QED) is 0.649. The number of hydrogen-bond donors (Lipinski definition) is 1. The molecule has 0 aliphatic rings. The van der Waals surface area contributed by atoms with E-state index in [0.717, 1.165) is 5.56 Å². The molecule has 0 aromatic heterocycles. The van der Waals surface area contributed by atoms with Gasteiger partial charge < -0.3 is 5.11 Å². The largest absolute Gasteiger partial charge is 0.387 e. The summed E-state index contributed by atoms with van der Waals surface area (Å²) in [6.07, 6.45) is -0.525. The number of benzene rings is 1. The minimum atomic E-state index is -0.525. The molecule has 10 heavy (non-hydrogen) atoms. The lowest BCUT2D eigenvalue weighted by atomic mass is 10.1. The first kappa shape index (κ1) is 7.58. The van der Waals surface area contributed by atoms with Crippen LogP contribution in [0.25, 0.3) is 0 Å². The molecule has 0 aliphatic carbocycles. The summed E-state index contributed by atoms with van der Waals surface area (Å²) in [7, 11) is 0. The Morgan fingerprint density at radius 1 is 1.30 bits per heavy atom. The van der Waals surface area contributed by atoms with Gasteiger partial charge in [-0.1, -0.05) is 30.3 Å². The molecule has 0 fully saturated rings. The average molecular weight is 157 g/mol. The Balaban J connectivity index is 2.75. The monoisotopic (exact) mass is 156 g/mol. The maximum absolute atomic E-state index is 9.20. The number of aliphatic hydroxyl groups excluding tert-OH is 1. The minimum absolute atomic E-state index is 0.254. The SMILES string of the molecule is O[C@H](CCl)c1ccccc1. The lowest BCUT2D eigenvalue weighted by molar-refractivity contribution is 0.202. The van der Waals surface area contributed by atoms with Crippen LogP contribution in [0.4, 0.5) is 0 Å². The van der Waals surface area contributed by atoms with Crippen LogP contribution in [0.2, 0.25) is 0 Å². The second kappa shape index (κ2) is 3.59. The summed E-state index contributed by atoms with van der Waals surface area (Å²) in [6, 6.07) is 9.38. The van der Waals surface area contributed by atoms with E-state index < -0.39 is 6.10 Å². The molecule has 2 heteroatoms. The van der Waals surface area contributed by atoms with Crippen molar-refractivity contribution in [3.63, 3.8) is 0 Å². The predicted octanol–water partition coefficient (Wildman–Crippen LogP) is 1.96. The fourth-order valence-electron chi connectivity index (χ4n) is 0.764. The molecular weight excluding hydrogens is 148 g/mol. The molecule has 0 heterocycles. The maximum atomic E-state index is 9.20. The van der Waals surface area contributed by atoms with E-state index in [-0.39, 0.29) is 5.88 Å². The molecule has 0 radical (unpaired) electrons. The average Bonchev–Trinajstić information content (AvgIpc) is 2.05. The maximum Gasteiger partial charge on any atom is 0.0925 e. The van der Waals surface area contributed by atoms with Crippen LogP contribution in [-0.2, 0) is 0 Å². The van der Waals surface area contributed by atoms with Crippen LogP contribution in [0, 0.1) is 0 Å². The number of aliphatic hydroxyl groups is 1. The van der Waals surface area contributed by atoms with Crippen LogP contribution in [0.3, 0.4) is 0 Å². The highest BCUT2D eigenvalue weighted by atomic mass is 35.5. The zero-order chi connectivity index (χ0) is 7.40. The second-order valence-corrected chi connectivity index (χ2v) is 2.39. The molecule has 0 bridgehead atoms. The summed E-state index contributed by atoms with van der Waals surface area (Å²) in [5.74, 6) is 0.254. The summed E-state index contributed by atoms with van der Waals surface area (Å²) in [4.78, 5) is 0. The molecule has 0 spiro atoms. The Bertz CT molecular complexity index is 186. The van der Waals surface area contributed by atoms with Gasteiger partial charge in [-0.25, -0.2) is 0 Å². The van der Waals surface area contributed by atoms with Gasteiger partial charge in [0.1, 0.15) is 0 Å². The van der Waals surface area contributed by atoms with E-state index in [2.05, 4.69) is 0 Å². The molecule has 54 valence electrons. The van der Waals surface area contributed by atoms with Crippen molar-refractivity contribution in [2.24, 2.45) is 0 Å². The van der Waals surface area contributed by atoms with E-state index in [1.807, 2.05) is 30.3 Å². The van der Waals surface area contributed by atoms with Gasteiger partial charge in [0.05, 0.1) is 12.0 Å². The van der Waals surface area contributed by atoms with Gasteiger partial charge in [-0.05, 0) is 5.56 Å². The summed E-state index contributed by atoms with van der Waals surface area (Å²) >= 11 is 5.44. The van der Waals surface area contributed by atoms with Crippen molar-refractivity contribution in [1.82, 2.24) is 0 Å². The van der Waals surface area contributed by atoms with E-state index in [9.17, 15) is 5.11 Å². The molecule has 0 unspecified atom stereocenters. The number of hydrogen-bond acceptors (Lipinski definition) is 1. The second-order valence-electron chi connectivity index (χ2n) is 2.08. The lowest BCUT2D eigenvalue weighted by Gasteiger charge is -2.04. The van der Waals surface area contributed by atoms with Gasteiger partial charge in [0.25, 0.3) is 0 Å². The van der Waals surface area contributed by atoms with Crippen LogP contribution in [0.15, 0.2) is 30.3 Å². The Kier molecular flexibility index (Phi) is 2.72. The number of halogens is 1. The summed E-state index contributed by atoms with van der Waals surface area (Å²) < 4.78 is 0. The fraction of sp³-hybridized carbons (Fsp3) is 0.250. The summed E-state index contributed by atoms with van der Waals surface area (Å²) in [5, 5.41) is 9.20. The summed E-state index contributed by atoms with van der Waals surface area (Å²) in [5.41, 5.74) is 0.873. The third-order valence-corrected chi connectivity index (χ3v) is 1.62. The van der Waals surface area contributed by atoms with Gasteiger partial charge in [0.2, 0.25) is 0 Å². The Labute approximate surface area is 65.3 Å². The van der Waals surface area contributed by atoms with Gasteiger partial charge in [-0.3, -0.25) is 0 Å². The van der Waals surface area contributed by atoms with Crippen molar-refractivity contribution in [2.75, 3.05) is 5.88 Å². The van der Waals surface area contributed by atoms with Crippen LogP contribution in [0.1, 0.15) is 11.7 Å². The number of alkyl halides is 1. The zero-order valence-electron chi connectivity index (χ0n) is 5.50. The van der Waals surface area contributed by atoms with Crippen molar-refractivity contribution < 1.29 is 5.11 Å². The summed E-state index contributed by atoms with van der Waals surface area (Å²) in [6.45, 7) is 0. The molecule has 1 atom stereocenters. The van der Waals surface area contributed by atoms with E-state index in [4.69, 9.17) is 11.6 Å². The van der Waals surface area contributed by atoms with Gasteiger partial charge in [0.15, 0.2) is 0 Å². The van der Waals surface area contributed by atoms with Crippen molar-refractivity contribution in [3.8, 4) is 0 Å². The molecule has 0 aliphatic heterocycles. The Morgan fingerprint density at radius 2 is 1.90 bits per heavy atom. The molecule has 1 aromatic rings. The van der Waals surface area contributed by atoms with Crippen LogP contribution in [0.5, 0.6) is 0 Å². The molecule has 1 N–H and O–H groups in total. The highest BCUT2D eigenvalue weighted by molar-refractivity contribution is 6.18. The number of rotatable bonds is 2. The minimum Gasteiger partial charge on any atom is -0.387 e. The molecule has 1 rings (SSSR count). The predicted molar refractivity (Wildman–Crippen MR) is 42.1 cm³/mol. The third-order valence-electron chi connectivity index (χ3n) is 1.33. The van der Waals surface area contributed by atoms with E-state index in [1.54, 1.807) is 0 Å². The fourth-order valence-corrected chi connectivity index (χ4v) is 0.942. The van der Waals surface area contributed by atoms with E-state index >= 15 is 0 Å². The first-order valence-electron chi connectivity index (χ1n) is 3.13. The topological polar surface area (TPSA) is 20.2 Å². The smallest absolute Gasteiger partial charge is 0.0925 e. The first-order chi connectivity index (χ1) is 4.84. The van der Waals surface area contributed by atoms with Crippen molar-refractivity contribution in [3.05, 3.63) is 35.9 Å². The Morgan fingerprint density at radius 3 is 2.40 bits per heavy atom. The molecule has 0 saturated carbocycles. The van der Waals surface area contributed by atoms with Gasteiger partial charge in [0, 0.05) is 0 Å². The zero-order valence-corrected chi connectivity index (χ0v) is 6.25. The van der Waals surface area contributed by atoms with E-state index in [0.29, 0.717) is 0 Å². The molecule has 1 aromatic carbocycles. The van der Waals surface area contributed by atoms with Crippen LogP contribution < -0.4 is 0 Å². The molecule has 1 nitrogen and oxygen atoms in total. The normalized spacial score (nSPS) is 13.0. The highest BCUT2D eigenvalue weighted by Crippen LogP contribution is 2.12. The van der Waals surface area contributed by atoms with Gasteiger partial charge in [-0.15, -0.1) is 11.6 Å². The van der Waals surface area contributed by atoms with Crippen molar-refractivity contribution in [1.29, 1.82) is 0 Å².